The van der Waals surface area contributed by atoms with Crippen LogP contribution < -0.4 is 11.1 Å². The lowest BCUT2D eigenvalue weighted by Crippen LogP contribution is -2.57. The number of aromatic nitrogens is 1. The van der Waals surface area contributed by atoms with Crippen LogP contribution in [0.1, 0.15) is 24.3 Å². The zero-order valence-electron chi connectivity index (χ0n) is 12.3. The number of anilines is 1. The first-order chi connectivity index (χ1) is 9.38. The van der Waals surface area contributed by atoms with E-state index in [-0.39, 0.29) is 11.4 Å². The van der Waals surface area contributed by atoms with Crippen molar-refractivity contribution in [2.24, 2.45) is 0 Å². The van der Waals surface area contributed by atoms with E-state index in [1.54, 1.807) is 5.38 Å². The largest absolute Gasteiger partial charge is 0.375 e. The van der Waals surface area contributed by atoms with Gasteiger partial charge in [-0.25, -0.2) is 4.98 Å². The van der Waals surface area contributed by atoms with Gasteiger partial charge in [0.15, 0.2) is 5.13 Å². The second kappa shape index (κ2) is 6.07. The van der Waals surface area contributed by atoms with Crippen LogP contribution in [0.15, 0.2) is 5.38 Å². The van der Waals surface area contributed by atoms with Gasteiger partial charge in [-0.15, -0.1) is 11.3 Å². The molecule has 1 aliphatic heterocycles. The van der Waals surface area contributed by atoms with Crippen LogP contribution in [0.2, 0.25) is 0 Å². The number of carbonyl (C=O) groups is 1. The van der Waals surface area contributed by atoms with Crippen LogP contribution in [0.25, 0.3) is 0 Å². The first-order valence-corrected chi connectivity index (χ1v) is 7.69. The Hall–Kier alpha value is -1.18. The molecule has 1 aromatic heterocycles. The van der Waals surface area contributed by atoms with Gasteiger partial charge < -0.3 is 16.0 Å². The highest BCUT2D eigenvalue weighted by Crippen LogP contribution is 2.16. The van der Waals surface area contributed by atoms with Crippen LogP contribution in [0, 0.1) is 0 Å². The van der Waals surface area contributed by atoms with Gasteiger partial charge in [-0.1, -0.05) is 0 Å². The number of nitrogens with two attached hydrogens (primary N) is 1. The van der Waals surface area contributed by atoms with E-state index in [4.69, 9.17) is 5.73 Å². The number of carbonyl (C=O) groups excluding carboxylic acids is 1. The highest BCUT2D eigenvalue weighted by Gasteiger charge is 2.29. The van der Waals surface area contributed by atoms with Crippen LogP contribution >= 0.6 is 11.3 Å². The lowest BCUT2D eigenvalue weighted by atomic mass is 10.0. The summed E-state index contributed by atoms with van der Waals surface area (Å²) < 4.78 is 0. The van der Waals surface area contributed by atoms with E-state index in [2.05, 4.69) is 41.0 Å². The quantitative estimate of drug-likeness (QED) is 0.845. The summed E-state index contributed by atoms with van der Waals surface area (Å²) in [4.78, 5) is 20.7. The van der Waals surface area contributed by atoms with E-state index in [9.17, 15) is 4.79 Å². The molecule has 1 saturated heterocycles. The molecule has 7 heteroatoms. The van der Waals surface area contributed by atoms with Crippen molar-refractivity contribution < 1.29 is 4.79 Å². The summed E-state index contributed by atoms with van der Waals surface area (Å²) in [6.07, 6.45) is 0. The molecule has 1 aliphatic rings. The monoisotopic (exact) mass is 297 g/mol. The molecule has 0 bridgehead atoms. The Morgan fingerprint density at radius 3 is 2.65 bits per heavy atom. The van der Waals surface area contributed by atoms with E-state index >= 15 is 0 Å². The average Bonchev–Trinajstić information content (AvgIpc) is 2.83. The average molecular weight is 297 g/mol. The van der Waals surface area contributed by atoms with Crippen molar-refractivity contribution in [1.82, 2.24) is 20.1 Å². The molecule has 0 radical (unpaired) electrons. The third kappa shape index (κ3) is 3.68. The third-order valence-corrected chi connectivity index (χ3v) is 4.47. The summed E-state index contributed by atoms with van der Waals surface area (Å²) in [6, 6.07) is 0. The minimum atomic E-state index is -0.153. The number of nitrogen functional groups attached to an aromatic ring is 1. The van der Waals surface area contributed by atoms with Crippen LogP contribution in [-0.2, 0) is 0 Å². The molecule has 112 valence electrons. The molecule has 2 heterocycles. The highest BCUT2D eigenvalue weighted by atomic mass is 32.1. The minimum Gasteiger partial charge on any atom is -0.375 e. The molecule has 20 heavy (non-hydrogen) atoms. The Morgan fingerprint density at radius 2 is 2.10 bits per heavy atom. The fraction of sp³-hybridized carbons (Fsp3) is 0.692. The molecule has 0 aromatic carbocycles. The SMILES string of the molecule is CN1CCN(C(C)(C)CNC(=O)c2csc(N)n2)CC1. The molecule has 0 saturated carbocycles. The number of thiazole rings is 1. The predicted octanol–water partition coefficient (Wildman–Crippen LogP) is 0.481. The van der Waals surface area contributed by atoms with Gasteiger partial charge in [-0.3, -0.25) is 9.69 Å². The Kier molecular flexibility index (Phi) is 4.62. The number of nitrogens with zero attached hydrogens (tertiary/aromatic N) is 3. The smallest absolute Gasteiger partial charge is 0.270 e. The molecule has 1 aromatic rings. The number of piperazine rings is 1. The molecular formula is C13H23N5OS. The van der Waals surface area contributed by atoms with Crippen LogP contribution in [0.5, 0.6) is 0 Å². The van der Waals surface area contributed by atoms with Gasteiger partial charge in [0, 0.05) is 43.6 Å². The number of hydrogen-bond donors (Lipinski definition) is 2. The van der Waals surface area contributed by atoms with Crippen LogP contribution in [0.4, 0.5) is 5.13 Å². The van der Waals surface area contributed by atoms with E-state index in [0.29, 0.717) is 17.4 Å². The van der Waals surface area contributed by atoms with E-state index in [1.807, 2.05) is 0 Å². The lowest BCUT2D eigenvalue weighted by Gasteiger charge is -2.43. The highest BCUT2D eigenvalue weighted by molar-refractivity contribution is 7.13. The topological polar surface area (TPSA) is 74.5 Å². The fourth-order valence-corrected chi connectivity index (χ4v) is 2.85. The summed E-state index contributed by atoms with van der Waals surface area (Å²) in [6.45, 7) is 9.13. The first-order valence-electron chi connectivity index (χ1n) is 6.81. The van der Waals surface area contributed by atoms with Crippen LogP contribution in [-0.4, -0.2) is 66.0 Å². The number of nitrogens with one attached hydrogen (secondary N) is 1. The zero-order valence-corrected chi connectivity index (χ0v) is 13.2. The maximum atomic E-state index is 12.0. The predicted molar refractivity (Wildman–Crippen MR) is 82.0 cm³/mol. The summed E-state index contributed by atoms with van der Waals surface area (Å²) in [5.41, 5.74) is 5.89. The number of hydrogen-bond acceptors (Lipinski definition) is 6. The fourth-order valence-electron chi connectivity index (χ4n) is 2.30. The Labute approximate surface area is 124 Å². The van der Waals surface area contributed by atoms with Gasteiger partial charge >= 0.3 is 0 Å². The molecule has 0 aliphatic carbocycles. The second-order valence-electron chi connectivity index (χ2n) is 5.86. The van der Waals surface area contributed by atoms with Crippen molar-refractivity contribution in [1.29, 1.82) is 0 Å². The van der Waals surface area contributed by atoms with Gasteiger partial charge in [0.05, 0.1) is 0 Å². The Balaban J connectivity index is 1.87. The lowest BCUT2D eigenvalue weighted by molar-refractivity contribution is 0.0587. The maximum Gasteiger partial charge on any atom is 0.270 e. The van der Waals surface area contributed by atoms with Gasteiger partial charge in [-0.05, 0) is 20.9 Å². The number of rotatable bonds is 4. The molecule has 0 spiro atoms. The van der Waals surface area contributed by atoms with Gasteiger partial charge in [0.2, 0.25) is 0 Å². The summed E-state index contributed by atoms with van der Waals surface area (Å²) in [5, 5.41) is 5.07. The van der Waals surface area contributed by atoms with Gasteiger partial charge in [0.25, 0.3) is 5.91 Å². The summed E-state index contributed by atoms with van der Waals surface area (Å²) in [7, 11) is 2.14. The van der Waals surface area contributed by atoms with Gasteiger partial charge in [0.1, 0.15) is 5.69 Å². The number of likely N-dealkylation sites (N-methyl/N-ethyl adjacent to an activating group) is 1. The molecular weight excluding hydrogens is 274 g/mol. The molecule has 1 fully saturated rings. The number of amides is 1. The normalized spacial score (nSPS) is 18.1. The Morgan fingerprint density at radius 1 is 1.45 bits per heavy atom. The van der Waals surface area contributed by atoms with Crippen molar-refractivity contribution in [3.63, 3.8) is 0 Å². The van der Waals surface area contributed by atoms with E-state index in [1.165, 1.54) is 11.3 Å². The Bertz CT molecular complexity index is 465. The van der Waals surface area contributed by atoms with Crippen molar-refractivity contribution >= 4 is 22.4 Å². The molecule has 1 amide bonds. The van der Waals surface area contributed by atoms with Gasteiger partial charge in [-0.2, -0.15) is 0 Å². The molecule has 0 unspecified atom stereocenters. The third-order valence-electron chi connectivity index (χ3n) is 3.80. The van der Waals surface area contributed by atoms with E-state index < -0.39 is 0 Å². The van der Waals surface area contributed by atoms with Crippen LogP contribution in [0.3, 0.4) is 0 Å². The molecule has 3 N–H and O–H groups in total. The standard InChI is InChI=1S/C13H23N5OS/c1-13(2,18-6-4-17(3)5-7-18)9-15-11(19)10-8-20-12(14)16-10/h8H,4-7,9H2,1-3H3,(H2,14,16)(H,15,19). The molecule has 2 rings (SSSR count). The van der Waals surface area contributed by atoms with Crippen molar-refractivity contribution in [3.8, 4) is 0 Å². The molecule has 0 atom stereocenters. The second-order valence-corrected chi connectivity index (χ2v) is 6.75. The van der Waals surface area contributed by atoms with Crippen molar-refractivity contribution in [2.75, 3.05) is 45.5 Å². The van der Waals surface area contributed by atoms with Crippen molar-refractivity contribution in [2.45, 2.75) is 19.4 Å². The maximum absolute atomic E-state index is 12.0. The van der Waals surface area contributed by atoms with Crippen molar-refractivity contribution in [3.05, 3.63) is 11.1 Å². The minimum absolute atomic E-state index is 0.0571. The van der Waals surface area contributed by atoms with E-state index in [0.717, 1.165) is 26.2 Å². The zero-order chi connectivity index (χ0) is 14.8. The summed E-state index contributed by atoms with van der Waals surface area (Å²) >= 11 is 1.28. The first kappa shape index (κ1) is 15.2. The summed E-state index contributed by atoms with van der Waals surface area (Å²) in [5.74, 6) is -0.153. The molecule has 6 nitrogen and oxygen atoms in total.